The van der Waals surface area contributed by atoms with Gasteiger partial charge in [0.25, 0.3) is 0 Å². The lowest BCUT2D eigenvalue weighted by Gasteiger charge is -2.37. The normalized spacial score (nSPS) is 31.9. The molecule has 0 amide bonds. The van der Waals surface area contributed by atoms with Gasteiger partial charge in [0.15, 0.2) is 0 Å². The Morgan fingerprint density at radius 2 is 1.74 bits per heavy atom. The van der Waals surface area contributed by atoms with Crippen LogP contribution >= 0.6 is 0 Å². The minimum atomic E-state index is -4.25. The Kier molecular flexibility index (Phi) is 4.96. The molecule has 3 unspecified atom stereocenters. The highest BCUT2D eigenvalue weighted by Crippen LogP contribution is 2.64. The van der Waals surface area contributed by atoms with E-state index in [-0.39, 0.29) is 17.0 Å². The van der Waals surface area contributed by atoms with E-state index in [9.17, 15) is 13.2 Å². The Morgan fingerprint density at radius 3 is 2.17 bits per heavy atom. The van der Waals surface area contributed by atoms with Crippen LogP contribution in [0.5, 0.6) is 0 Å². The molecular formula is C18H25BrF3N. The third-order valence-corrected chi connectivity index (χ3v) is 6.78. The molecule has 0 radical (unpaired) electrons. The van der Waals surface area contributed by atoms with Crippen molar-refractivity contribution in [3.05, 3.63) is 35.4 Å². The van der Waals surface area contributed by atoms with Crippen molar-refractivity contribution in [1.29, 1.82) is 0 Å². The molecule has 2 fully saturated rings. The van der Waals surface area contributed by atoms with Crippen molar-refractivity contribution in [1.82, 2.24) is 0 Å². The van der Waals surface area contributed by atoms with Crippen molar-refractivity contribution in [2.45, 2.75) is 58.8 Å². The summed E-state index contributed by atoms with van der Waals surface area (Å²) in [6.45, 7) is 7.93. The maximum absolute atomic E-state index is 12.6. The Morgan fingerprint density at radius 1 is 1.13 bits per heavy atom. The molecule has 2 aliphatic carbocycles. The van der Waals surface area contributed by atoms with Crippen molar-refractivity contribution < 1.29 is 35.5 Å². The average Bonchev–Trinajstić information content (AvgIpc) is 2.77. The Bertz CT molecular complexity index is 552. The molecule has 2 bridgehead atoms. The van der Waals surface area contributed by atoms with E-state index in [1.165, 1.54) is 31.4 Å². The fourth-order valence-electron chi connectivity index (χ4n) is 4.73. The highest BCUT2D eigenvalue weighted by atomic mass is 79.9. The second-order valence-electron chi connectivity index (χ2n) is 7.85. The minimum absolute atomic E-state index is 0. The van der Waals surface area contributed by atoms with Crippen LogP contribution in [0.15, 0.2) is 24.3 Å². The Hall–Kier alpha value is -0.550. The maximum Gasteiger partial charge on any atom is 0.416 e. The summed E-state index contributed by atoms with van der Waals surface area (Å²) in [5.41, 5.74) is 1.14. The maximum atomic E-state index is 12.6. The number of alkyl halides is 3. The predicted molar refractivity (Wildman–Crippen MR) is 80.1 cm³/mol. The van der Waals surface area contributed by atoms with Gasteiger partial charge in [0.1, 0.15) is 6.54 Å². The molecule has 0 aliphatic heterocycles. The first-order chi connectivity index (χ1) is 10.1. The smallest absolute Gasteiger partial charge is 0.416 e. The molecular weight excluding hydrogens is 367 g/mol. The molecule has 1 aromatic carbocycles. The van der Waals surface area contributed by atoms with Crippen molar-refractivity contribution in [3.8, 4) is 0 Å². The molecule has 1 aromatic rings. The second kappa shape index (κ2) is 6.07. The van der Waals surface area contributed by atoms with Crippen LogP contribution in [0.2, 0.25) is 0 Å². The van der Waals surface area contributed by atoms with Crippen LogP contribution in [0.4, 0.5) is 13.2 Å². The third kappa shape index (κ3) is 3.07. The van der Waals surface area contributed by atoms with Gasteiger partial charge in [0.05, 0.1) is 11.6 Å². The largest absolute Gasteiger partial charge is 1.00 e. The number of hydrogen-bond donors (Lipinski definition) is 1. The van der Waals surface area contributed by atoms with E-state index in [4.69, 9.17) is 0 Å². The fourth-order valence-corrected chi connectivity index (χ4v) is 4.73. The van der Waals surface area contributed by atoms with Gasteiger partial charge in [-0.3, -0.25) is 0 Å². The van der Waals surface area contributed by atoms with Crippen LogP contribution in [-0.2, 0) is 12.7 Å². The number of nitrogens with two attached hydrogens (primary N) is 1. The molecule has 2 aliphatic rings. The average molecular weight is 392 g/mol. The van der Waals surface area contributed by atoms with Gasteiger partial charge in [-0.15, -0.1) is 0 Å². The zero-order valence-electron chi connectivity index (χ0n) is 13.9. The van der Waals surface area contributed by atoms with E-state index in [0.29, 0.717) is 16.9 Å². The summed E-state index contributed by atoms with van der Waals surface area (Å²) in [6, 6.07) is 6.19. The molecule has 0 spiro atoms. The summed E-state index contributed by atoms with van der Waals surface area (Å²) >= 11 is 0. The van der Waals surface area contributed by atoms with E-state index in [2.05, 4.69) is 26.1 Å². The number of fused-ring (bicyclic) bond motifs is 2. The van der Waals surface area contributed by atoms with E-state index in [1.54, 1.807) is 12.1 Å². The monoisotopic (exact) mass is 391 g/mol. The molecule has 2 saturated carbocycles. The van der Waals surface area contributed by atoms with Crippen molar-refractivity contribution in [2.75, 3.05) is 0 Å². The van der Waals surface area contributed by atoms with E-state index in [0.717, 1.165) is 18.0 Å². The first-order valence-corrected chi connectivity index (χ1v) is 8.14. The molecule has 0 heterocycles. The minimum Gasteiger partial charge on any atom is -1.00 e. The standard InChI is InChI=1S/C18H24F3N.BrH/c1-16(2)14-8-9-17(16,3)15(10-14)22-11-12-4-6-13(7-5-12)18(19,20)21;/h4-7,14-15,22H,8-11H2,1-3H3;1H. The summed E-state index contributed by atoms with van der Waals surface area (Å²) in [4.78, 5) is 0. The highest BCUT2D eigenvalue weighted by molar-refractivity contribution is 5.24. The molecule has 5 heteroatoms. The van der Waals surface area contributed by atoms with Gasteiger partial charge in [0.2, 0.25) is 0 Å². The molecule has 3 rings (SSSR count). The first kappa shape index (κ1) is 18.8. The lowest BCUT2D eigenvalue weighted by molar-refractivity contribution is -0.717. The molecule has 2 N–H and O–H groups in total. The lowest BCUT2D eigenvalue weighted by Crippen LogP contribution is -3.00. The zero-order chi connectivity index (χ0) is 16.2. The summed E-state index contributed by atoms with van der Waals surface area (Å²) in [6.07, 6.45) is -0.401. The number of hydrogen-bond acceptors (Lipinski definition) is 0. The SMILES string of the molecule is CC1(C)C2CCC1(C)C([NH2+]Cc1ccc(C(F)(F)F)cc1)C2.[Br-]. The first-order valence-electron chi connectivity index (χ1n) is 8.14. The van der Waals surface area contributed by atoms with Crippen LogP contribution in [-0.4, -0.2) is 6.04 Å². The van der Waals surface area contributed by atoms with Gasteiger partial charge in [-0.2, -0.15) is 13.2 Å². The van der Waals surface area contributed by atoms with Crippen molar-refractivity contribution in [2.24, 2.45) is 16.7 Å². The molecule has 0 aromatic heterocycles. The molecule has 130 valence electrons. The molecule has 0 saturated heterocycles. The predicted octanol–water partition coefficient (Wildman–Crippen LogP) is 0.988. The fraction of sp³-hybridized carbons (Fsp3) is 0.667. The summed E-state index contributed by atoms with van der Waals surface area (Å²) in [5, 5.41) is 2.35. The Balaban J connectivity index is 0.00000192. The zero-order valence-corrected chi connectivity index (χ0v) is 15.5. The summed E-state index contributed by atoms with van der Waals surface area (Å²) < 4.78 is 37.7. The van der Waals surface area contributed by atoms with Crippen LogP contribution in [0.3, 0.4) is 0 Å². The topological polar surface area (TPSA) is 16.6 Å². The number of benzene rings is 1. The molecule has 1 nitrogen and oxygen atoms in total. The van der Waals surface area contributed by atoms with E-state index in [1.807, 2.05) is 0 Å². The second-order valence-corrected chi connectivity index (χ2v) is 7.85. The number of halogens is 4. The van der Waals surface area contributed by atoms with E-state index < -0.39 is 11.7 Å². The molecule has 23 heavy (non-hydrogen) atoms. The van der Waals surface area contributed by atoms with Crippen molar-refractivity contribution in [3.63, 3.8) is 0 Å². The van der Waals surface area contributed by atoms with Gasteiger partial charge < -0.3 is 22.3 Å². The lowest BCUT2D eigenvalue weighted by atomic mass is 9.69. The summed E-state index contributed by atoms with van der Waals surface area (Å²) in [7, 11) is 0. The van der Waals surface area contributed by atoms with Gasteiger partial charge in [0, 0.05) is 17.4 Å². The van der Waals surface area contributed by atoms with Gasteiger partial charge in [-0.05, 0) is 36.3 Å². The van der Waals surface area contributed by atoms with Gasteiger partial charge in [-0.25, -0.2) is 0 Å². The van der Waals surface area contributed by atoms with Crippen molar-refractivity contribution >= 4 is 0 Å². The quantitative estimate of drug-likeness (QED) is 0.791. The third-order valence-electron chi connectivity index (χ3n) is 6.78. The van der Waals surface area contributed by atoms with E-state index >= 15 is 0 Å². The van der Waals surface area contributed by atoms with Gasteiger partial charge in [-0.1, -0.05) is 32.9 Å². The number of quaternary nitrogens is 1. The van der Waals surface area contributed by atoms with Crippen LogP contribution in [0.25, 0.3) is 0 Å². The molecule has 3 atom stereocenters. The number of rotatable bonds is 3. The summed E-state index contributed by atoms with van der Waals surface area (Å²) in [5.74, 6) is 0.798. The van der Waals surface area contributed by atoms with Crippen LogP contribution in [0, 0.1) is 16.7 Å². The van der Waals surface area contributed by atoms with Crippen LogP contribution < -0.4 is 22.3 Å². The Labute approximate surface area is 146 Å². The van der Waals surface area contributed by atoms with Gasteiger partial charge >= 0.3 is 6.18 Å². The highest BCUT2D eigenvalue weighted by Gasteiger charge is 2.63. The van der Waals surface area contributed by atoms with Crippen LogP contribution in [0.1, 0.15) is 51.2 Å².